The average Bonchev–Trinajstić information content (AvgIpc) is 2.39. The first-order valence-corrected chi connectivity index (χ1v) is 5.51. The first kappa shape index (κ1) is 11.7. The molecule has 0 aromatic heterocycles. The second kappa shape index (κ2) is 5.02. The third-order valence-electron chi connectivity index (χ3n) is 2.89. The molecular formula is C15H16O2. The van der Waals surface area contributed by atoms with Crippen LogP contribution in [0.25, 0.3) is 5.57 Å². The maximum absolute atomic E-state index is 5.42. The molecule has 2 rings (SSSR count). The Morgan fingerprint density at radius 1 is 1.06 bits per heavy atom. The van der Waals surface area contributed by atoms with E-state index in [2.05, 4.69) is 18.7 Å². The Morgan fingerprint density at radius 3 is 2.35 bits per heavy atom. The van der Waals surface area contributed by atoms with Crippen LogP contribution in [0.2, 0.25) is 0 Å². The maximum Gasteiger partial charge on any atom is 0.139 e. The minimum absolute atomic E-state index is 0.194. The van der Waals surface area contributed by atoms with Gasteiger partial charge in [-0.2, -0.15) is 0 Å². The number of methoxy groups -OCH3 is 2. The van der Waals surface area contributed by atoms with E-state index in [1.807, 2.05) is 30.4 Å². The van der Waals surface area contributed by atoms with E-state index in [0.717, 1.165) is 22.5 Å². The number of benzene rings is 1. The van der Waals surface area contributed by atoms with Crippen LogP contribution in [0.4, 0.5) is 0 Å². The van der Waals surface area contributed by atoms with Gasteiger partial charge in [-0.1, -0.05) is 43.0 Å². The van der Waals surface area contributed by atoms with Crippen molar-refractivity contribution >= 4 is 5.57 Å². The highest BCUT2D eigenvalue weighted by Crippen LogP contribution is 2.32. The lowest BCUT2D eigenvalue weighted by molar-refractivity contribution is 0.105. The third-order valence-corrected chi connectivity index (χ3v) is 2.89. The molecule has 2 heteroatoms. The molecule has 88 valence electrons. The van der Waals surface area contributed by atoms with Crippen molar-refractivity contribution in [2.45, 2.75) is 6.10 Å². The number of allylic oxidation sites excluding steroid dienone is 2. The molecule has 0 saturated heterocycles. The van der Waals surface area contributed by atoms with Crippen LogP contribution >= 0.6 is 0 Å². The van der Waals surface area contributed by atoms with Gasteiger partial charge in [-0.05, 0) is 22.8 Å². The summed E-state index contributed by atoms with van der Waals surface area (Å²) in [5.41, 5.74) is 3.17. The molecule has 0 fully saturated rings. The van der Waals surface area contributed by atoms with Crippen molar-refractivity contribution in [3.05, 3.63) is 66.0 Å². The number of hydrogen-bond acceptors (Lipinski definition) is 2. The molecule has 1 aliphatic carbocycles. The largest absolute Gasteiger partial charge is 0.498 e. The summed E-state index contributed by atoms with van der Waals surface area (Å²) >= 11 is 0. The van der Waals surface area contributed by atoms with Crippen molar-refractivity contribution in [2.24, 2.45) is 0 Å². The van der Waals surface area contributed by atoms with E-state index in [4.69, 9.17) is 9.47 Å². The zero-order chi connectivity index (χ0) is 12.3. The predicted octanol–water partition coefficient (Wildman–Crippen LogP) is 3.19. The van der Waals surface area contributed by atoms with Gasteiger partial charge in [0.15, 0.2) is 0 Å². The Bertz CT molecular complexity index is 469. The highest BCUT2D eigenvalue weighted by molar-refractivity contribution is 5.82. The van der Waals surface area contributed by atoms with Crippen molar-refractivity contribution in [1.82, 2.24) is 0 Å². The van der Waals surface area contributed by atoms with Gasteiger partial charge in [0.05, 0.1) is 7.11 Å². The summed E-state index contributed by atoms with van der Waals surface area (Å²) in [6.07, 6.45) is 3.76. The minimum Gasteiger partial charge on any atom is -0.498 e. The van der Waals surface area contributed by atoms with Crippen molar-refractivity contribution in [2.75, 3.05) is 14.2 Å². The molecule has 0 bridgehead atoms. The lowest BCUT2D eigenvalue weighted by atomic mass is 9.90. The van der Waals surface area contributed by atoms with E-state index >= 15 is 0 Å². The lowest BCUT2D eigenvalue weighted by Gasteiger charge is -2.25. The van der Waals surface area contributed by atoms with Gasteiger partial charge in [0, 0.05) is 7.11 Å². The molecule has 0 saturated carbocycles. The Kier molecular flexibility index (Phi) is 3.45. The Labute approximate surface area is 102 Å². The number of hydrogen-bond donors (Lipinski definition) is 0. The Hall–Kier alpha value is -1.80. The van der Waals surface area contributed by atoms with E-state index in [9.17, 15) is 0 Å². The van der Waals surface area contributed by atoms with Crippen LogP contribution in [0.3, 0.4) is 0 Å². The molecule has 0 N–H and O–H groups in total. The summed E-state index contributed by atoms with van der Waals surface area (Å²) in [6.45, 7) is 4.11. The summed E-state index contributed by atoms with van der Waals surface area (Å²) in [4.78, 5) is 0. The second-order valence-electron chi connectivity index (χ2n) is 3.86. The van der Waals surface area contributed by atoms with Crippen LogP contribution in [0.15, 0.2) is 60.4 Å². The van der Waals surface area contributed by atoms with Gasteiger partial charge in [0.25, 0.3) is 0 Å². The second-order valence-corrected chi connectivity index (χ2v) is 3.86. The fourth-order valence-electron chi connectivity index (χ4n) is 2.01. The van der Waals surface area contributed by atoms with Gasteiger partial charge in [0.2, 0.25) is 0 Å². The smallest absolute Gasteiger partial charge is 0.139 e. The molecule has 1 unspecified atom stereocenters. The molecular weight excluding hydrogens is 212 g/mol. The lowest BCUT2D eigenvalue weighted by Crippen LogP contribution is -2.20. The van der Waals surface area contributed by atoms with Crippen LogP contribution in [0.1, 0.15) is 5.56 Å². The summed E-state index contributed by atoms with van der Waals surface area (Å²) in [5, 5.41) is 0. The van der Waals surface area contributed by atoms with Crippen LogP contribution in [-0.4, -0.2) is 20.3 Å². The van der Waals surface area contributed by atoms with Crippen LogP contribution < -0.4 is 0 Å². The van der Waals surface area contributed by atoms with E-state index < -0.39 is 0 Å². The highest BCUT2D eigenvalue weighted by atomic mass is 16.5. The molecule has 1 aliphatic rings. The predicted molar refractivity (Wildman–Crippen MR) is 69.4 cm³/mol. The van der Waals surface area contributed by atoms with Crippen molar-refractivity contribution in [3.8, 4) is 0 Å². The molecule has 1 aromatic rings. The minimum atomic E-state index is -0.194. The molecule has 17 heavy (non-hydrogen) atoms. The highest BCUT2D eigenvalue weighted by Gasteiger charge is 2.24. The Morgan fingerprint density at radius 2 is 1.76 bits per heavy atom. The monoisotopic (exact) mass is 228 g/mol. The Balaban J connectivity index is 2.40. The van der Waals surface area contributed by atoms with E-state index in [0.29, 0.717) is 0 Å². The summed E-state index contributed by atoms with van der Waals surface area (Å²) < 4.78 is 10.7. The molecule has 1 atom stereocenters. The van der Waals surface area contributed by atoms with Crippen LogP contribution in [0.5, 0.6) is 0 Å². The first-order chi connectivity index (χ1) is 8.27. The van der Waals surface area contributed by atoms with Gasteiger partial charge < -0.3 is 9.47 Å². The van der Waals surface area contributed by atoms with E-state index in [1.54, 1.807) is 14.2 Å². The van der Waals surface area contributed by atoms with Crippen molar-refractivity contribution in [3.63, 3.8) is 0 Å². The molecule has 0 radical (unpaired) electrons. The quantitative estimate of drug-likeness (QED) is 0.791. The zero-order valence-electron chi connectivity index (χ0n) is 10.1. The summed E-state index contributed by atoms with van der Waals surface area (Å²) in [7, 11) is 3.31. The fourth-order valence-corrected chi connectivity index (χ4v) is 2.01. The SMILES string of the molecule is C=C1C(c2ccccc2)=CC=C(OC)C1OC. The van der Waals surface area contributed by atoms with Gasteiger partial charge in [-0.3, -0.25) is 0 Å². The molecule has 2 nitrogen and oxygen atoms in total. The zero-order valence-corrected chi connectivity index (χ0v) is 10.1. The summed E-state index contributed by atoms with van der Waals surface area (Å²) in [6, 6.07) is 10.2. The van der Waals surface area contributed by atoms with Gasteiger partial charge in [0.1, 0.15) is 11.9 Å². The van der Waals surface area contributed by atoms with Crippen molar-refractivity contribution < 1.29 is 9.47 Å². The standard InChI is InChI=1S/C15H16O2/c1-11-13(12-7-5-4-6-8-12)9-10-14(16-2)15(11)17-3/h4-10,15H,1H2,2-3H3. The first-order valence-electron chi connectivity index (χ1n) is 5.51. The molecule has 0 spiro atoms. The maximum atomic E-state index is 5.42. The number of ether oxygens (including phenoxy) is 2. The average molecular weight is 228 g/mol. The molecule has 0 amide bonds. The van der Waals surface area contributed by atoms with E-state index in [-0.39, 0.29) is 6.10 Å². The molecule has 0 aliphatic heterocycles. The normalized spacial score (nSPS) is 19.6. The van der Waals surface area contributed by atoms with E-state index in [1.165, 1.54) is 0 Å². The van der Waals surface area contributed by atoms with Crippen LogP contribution in [0, 0.1) is 0 Å². The fraction of sp³-hybridized carbons (Fsp3) is 0.200. The van der Waals surface area contributed by atoms with Gasteiger partial charge in [-0.15, -0.1) is 0 Å². The third kappa shape index (κ3) is 2.17. The molecule has 1 aromatic carbocycles. The van der Waals surface area contributed by atoms with Crippen LogP contribution in [-0.2, 0) is 9.47 Å². The van der Waals surface area contributed by atoms with Gasteiger partial charge >= 0.3 is 0 Å². The van der Waals surface area contributed by atoms with Crippen molar-refractivity contribution in [1.29, 1.82) is 0 Å². The van der Waals surface area contributed by atoms with Gasteiger partial charge in [-0.25, -0.2) is 0 Å². The summed E-state index contributed by atoms with van der Waals surface area (Å²) in [5.74, 6) is 0.789. The number of rotatable bonds is 3. The topological polar surface area (TPSA) is 18.5 Å². The molecule has 0 heterocycles.